The number of hydrogen-bond acceptors (Lipinski definition) is 6. The molecule has 1 amide bonds. The Morgan fingerprint density at radius 3 is 2.64 bits per heavy atom. The van der Waals surface area contributed by atoms with E-state index < -0.39 is 0 Å². The van der Waals surface area contributed by atoms with Crippen molar-refractivity contribution in [3.63, 3.8) is 0 Å². The monoisotopic (exact) mass is 403 g/mol. The van der Waals surface area contributed by atoms with Crippen LogP contribution in [0.4, 0.5) is 10.8 Å². The van der Waals surface area contributed by atoms with E-state index in [1.54, 1.807) is 12.1 Å². The molecule has 0 bridgehead atoms. The number of aryl methyl sites for hydroxylation is 1. The molecule has 1 aromatic carbocycles. The summed E-state index contributed by atoms with van der Waals surface area (Å²) in [6.45, 7) is 5.14. The first-order valence-electron chi connectivity index (χ1n) is 7.90. The topological polar surface area (TPSA) is 75.4 Å². The third-order valence-electron chi connectivity index (χ3n) is 4.02. The number of rotatable bonds is 3. The molecule has 1 aliphatic rings. The normalized spacial score (nSPS) is 14.3. The smallest absolute Gasteiger partial charge is 0.256 e. The van der Waals surface area contributed by atoms with Gasteiger partial charge < -0.3 is 15.5 Å². The van der Waals surface area contributed by atoms with Crippen LogP contribution in [0, 0.1) is 0 Å². The van der Waals surface area contributed by atoms with Gasteiger partial charge >= 0.3 is 0 Å². The van der Waals surface area contributed by atoms with Crippen molar-refractivity contribution in [3.05, 3.63) is 35.7 Å². The zero-order valence-corrected chi connectivity index (χ0v) is 16.5. The fourth-order valence-corrected chi connectivity index (χ4v) is 3.49. The molecule has 2 aromatic rings. The second-order valence-electron chi connectivity index (χ2n) is 5.57. The van der Waals surface area contributed by atoms with E-state index in [1.165, 1.54) is 11.5 Å². The molecule has 1 aliphatic heterocycles. The number of halogens is 2. The van der Waals surface area contributed by atoms with Gasteiger partial charge in [0.15, 0.2) is 0 Å². The van der Waals surface area contributed by atoms with Gasteiger partial charge in [0.2, 0.25) is 5.13 Å². The van der Waals surface area contributed by atoms with Crippen LogP contribution in [-0.2, 0) is 6.42 Å². The predicted octanol–water partition coefficient (Wildman–Crippen LogP) is 2.88. The highest BCUT2D eigenvalue weighted by molar-refractivity contribution is 7.09. The minimum atomic E-state index is 0. The molecular formula is C16H23Cl2N5OS. The summed E-state index contributed by atoms with van der Waals surface area (Å²) >= 11 is 1.44. The van der Waals surface area contributed by atoms with Crippen molar-refractivity contribution in [1.29, 1.82) is 0 Å². The average Bonchev–Trinajstić information content (AvgIpc) is 2.91. The van der Waals surface area contributed by atoms with Crippen molar-refractivity contribution in [1.82, 2.24) is 14.3 Å². The van der Waals surface area contributed by atoms with Crippen LogP contribution < -0.4 is 10.6 Å². The molecular weight excluding hydrogens is 381 g/mol. The Bertz CT molecular complexity index is 697. The molecule has 0 unspecified atom stereocenters. The summed E-state index contributed by atoms with van der Waals surface area (Å²) < 4.78 is 4.35. The first kappa shape index (κ1) is 21.5. The lowest BCUT2D eigenvalue weighted by molar-refractivity contribution is 0.0768. The number of para-hydroxylation sites is 1. The third kappa shape index (κ3) is 4.96. The lowest BCUT2D eigenvalue weighted by Gasteiger charge is -2.22. The summed E-state index contributed by atoms with van der Waals surface area (Å²) in [6, 6.07) is 7.25. The van der Waals surface area contributed by atoms with E-state index in [-0.39, 0.29) is 30.7 Å². The molecule has 0 saturated carbocycles. The predicted molar refractivity (Wildman–Crippen MR) is 107 cm³/mol. The van der Waals surface area contributed by atoms with Crippen molar-refractivity contribution in [3.8, 4) is 0 Å². The molecule has 138 valence electrons. The SMILES string of the molecule is CCc1nsc(N2CCCN(C(=O)c3ccccc3N)CC2)n1.Cl.Cl. The van der Waals surface area contributed by atoms with Crippen LogP contribution in [-0.4, -0.2) is 46.3 Å². The van der Waals surface area contributed by atoms with Crippen LogP contribution in [0.25, 0.3) is 0 Å². The van der Waals surface area contributed by atoms with Gasteiger partial charge in [0.25, 0.3) is 5.91 Å². The fourth-order valence-electron chi connectivity index (χ4n) is 2.69. The summed E-state index contributed by atoms with van der Waals surface area (Å²) in [5.41, 5.74) is 7.05. The van der Waals surface area contributed by atoms with E-state index in [0.717, 1.165) is 43.4 Å². The largest absolute Gasteiger partial charge is 0.398 e. The lowest BCUT2D eigenvalue weighted by Crippen LogP contribution is -2.35. The molecule has 0 spiro atoms. The molecule has 9 heteroatoms. The zero-order chi connectivity index (χ0) is 16.2. The van der Waals surface area contributed by atoms with Gasteiger partial charge in [-0.15, -0.1) is 24.8 Å². The maximum atomic E-state index is 12.7. The van der Waals surface area contributed by atoms with Crippen molar-refractivity contribution >= 4 is 53.1 Å². The molecule has 0 atom stereocenters. The Balaban J connectivity index is 0.00000156. The van der Waals surface area contributed by atoms with Crippen LogP contribution in [0.15, 0.2) is 24.3 Å². The first-order chi connectivity index (χ1) is 11.2. The summed E-state index contributed by atoms with van der Waals surface area (Å²) in [5, 5.41) is 0.954. The Labute approximate surface area is 164 Å². The van der Waals surface area contributed by atoms with E-state index in [1.807, 2.05) is 17.0 Å². The highest BCUT2D eigenvalue weighted by atomic mass is 35.5. The second-order valence-corrected chi connectivity index (χ2v) is 6.30. The second kappa shape index (κ2) is 9.79. The molecule has 6 nitrogen and oxygen atoms in total. The van der Waals surface area contributed by atoms with Crippen LogP contribution in [0.1, 0.15) is 29.5 Å². The number of amides is 1. The van der Waals surface area contributed by atoms with E-state index in [0.29, 0.717) is 17.8 Å². The molecule has 25 heavy (non-hydrogen) atoms. The minimum Gasteiger partial charge on any atom is -0.398 e. The first-order valence-corrected chi connectivity index (χ1v) is 8.67. The van der Waals surface area contributed by atoms with Crippen LogP contribution >= 0.6 is 36.3 Å². The summed E-state index contributed by atoms with van der Waals surface area (Å²) in [4.78, 5) is 21.3. The minimum absolute atomic E-state index is 0. The summed E-state index contributed by atoms with van der Waals surface area (Å²) in [7, 11) is 0. The molecule has 2 heterocycles. The van der Waals surface area contributed by atoms with Gasteiger partial charge in [-0.1, -0.05) is 19.1 Å². The van der Waals surface area contributed by atoms with Crippen molar-refractivity contribution in [2.24, 2.45) is 0 Å². The number of nitrogens with zero attached hydrogens (tertiary/aromatic N) is 4. The summed E-state index contributed by atoms with van der Waals surface area (Å²) in [6.07, 6.45) is 1.77. The fraction of sp³-hybridized carbons (Fsp3) is 0.438. The molecule has 2 N–H and O–H groups in total. The number of carbonyl (C=O) groups is 1. The van der Waals surface area contributed by atoms with Gasteiger partial charge in [0.05, 0.1) is 5.56 Å². The van der Waals surface area contributed by atoms with Crippen molar-refractivity contribution in [2.45, 2.75) is 19.8 Å². The average molecular weight is 404 g/mol. The Hall–Kier alpha value is -1.57. The van der Waals surface area contributed by atoms with Gasteiger partial charge in [0, 0.05) is 49.8 Å². The van der Waals surface area contributed by atoms with Gasteiger partial charge in [-0.2, -0.15) is 4.37 Å². The van der Waals surface area contributed by atoms with Gasteiger partial charge in [-0.25, -0.2) is 4.98 Å². The number of hydrogen-bond donors (Lipinski definition) is 1. The van der Waals surface area contributed by atoms with Gasteiger partial charge in [-0.05, 0) is 18.6 Å². The number of carbonyl (C=O) groups excluding carboxylic acids is 1. The number of benzene rings is 1. The van der Waals surface area contributed by atoms with Crippen LogP contribution in [0.3, 0.4) is 0 Å². The Morgan fingerprint density at radius 2 is 1.96 bits per heavy atom. The quantitative estimate of drug-likeness (QED) is 0.797. The molecule has 1 aromatic heterocycles. The standard InChI is InChI=1S/C16H21N5OS.2ClH/c1-2-14-18-16(23-19-14)21-9-5-8-20(10-11-21)15(22)12-6-3-4-7-13(12)17;;/h3-4,6-7H,2,5,8-11,17H2,1H3;2*1H. The van der Waals surface area contributed by atoms with Crippen LogP contribution in [0.2, 0.25) is 0 Å². The number of nitrogen functional groups attached to an aromatic ring is 1. The van der Waals surface area contributed by atoms with E-state index >= 15 is 0 Å². The summed E-state index contributed by atoms with van der Waals surface area (Å²) in [5.74, 6) is 0.899. The molecule has 0 radical (unpaired) electrons. The highest BCUT2D eigenvalue weighted by Gasteiger charge is 2.23. The van der Waals surface area contributed by atoms with E-state index in [9.17, 15) is 4.79 Å². The maximum absolute atomic E-state index is 12.7. The van der Waals surface area contributed by atoms with Crippen molar-refractivity contribution in [2.75, 3.05) is 36.8 Å². The maximum Gasteiger partial charge on any atom is 0.256 e. The molecule has 0 aliphatic carbocycles. The zero-order valence-electron chi connectivity index (χ0n) is 14.1. The number of nitrogens with two attached hydrogens (primary N) is 1. The number of anilines is 2. The van der Waals surface area contributed by atoms with Crippen molar-refractivity contribution < 1.29 is 4.79 Å². The molecule has 1 saturated heterocycles. The molecule has 1 fully saturated rings. The molecule has 3 rings (SSSR count). The van der Waals surface area contributed by atoms with E-state index in [4.69, 9.17) is 5.73 Å². The highest BCUT2D eigenvalue weighted by Crippen LogP contribution is 2.21. The third-order valence-corrected chi connectivity index (χ3v) is 4.83. The van der Waals surface area contributed by atoms with E-state index in [2.05, 4.69) is 21.2 Å². The van der Waals surface area contributed by atoms with Gasteiger partial charge in [0.1, 0.15) is 5.82 Å². The lowest BCUT2D eigenvalue weighted by atomic mass is 10.1. The Morgan fingerprint density at radius 1 is 1.20 bits per heavy atom. The van der Waals surface area contributed by atoms with Crippen LogP contribution in [0.5, 0.6) is 0 Å². The van der Waals surface area contributed by atoms with Gasteiger partial charge in [-0.3, -0.25) is 4.79 Å². The number of aromatic nitrogens is 2. The Kier molecular flexibility index (Phi) is 8.41.